The second kappa shape index (κ2) is 8.56. The standard InChI is InChI=1S/C19H23ClN2O3S/c1-4-15(3)21-19(23)13-22(18-12-16(20)11-10-14(18)2)26(24,25)17-8-6-5-7-9-17/h5-12,15H,4,13H2,1-3H3,(H,21,23)/t15-/m1/s1. The zero-order valence-corrected chi connectivity index (χ0v) is 16.6. The Morgan fingerprint density at radius 2 is 1.85 bits per heavy atom. The molecule has 0 saturated heterocycles. The van der Waals surface area contributed by atoms with Crippen LogP contribution in [0.1, 0.15) is 25.8 Å². The first-order valence-electron chi connectivity index (χ1n) is 8.39. The minimum Gasteiger partial charge on any atom is -0.352 e. The van der Waals surface area contributed by atoms with Gasteiger partial charge in [0.05, 0.1) is 10.6 Å². The summed E-state index contributed by atoms with van der Waals surface area (Å²) < 4.78 is 27.5. The van der Waals surface area contributed by atoms with E-state index in [9.17, 15) is 13.2 Å². The summed E-state index contributed by atoms with van der Waals surface area (Å²) in [6.45, 7) is 5.29. The first-order chi connectivity index (χ1) is 12.3. The van der Waals surface area contributed by atoms with Gasteiger partial charge < -0.3 is 5.32 Å². The highest BCUT2D eigenvalue weighted by molar-refractivity contribution is 7.92. The number of anilines is 1. The van der Waals surface area contributed by atoms with Crippen LogP contribution in [0.15, 0.2) is 53.4 Å². The smallest absolute Gasteiger partial charge is 0.264 e. The number of aryl methyl sites for hydroxylation is 1. The van der Waals surface area contributed by atoms with Crippen molar-refractivity contribution in [3.8, 4) is 0 Å². The lowest BCUT2D eigenvalue weighted by Crippen LogP contribution is -2.43. The number of halogens is 1. The summed E-state index contributed by atoms with van der Waals surface area (Å²) in [7, 11) is -3.92. The van der Waals surface area contributed by atoms with Crippen LogP contribution in [0, 0.1) is 6.92 Å². The van der Waals surface area contributed by atoms with E-state index in [2.05, 4.69) is 5.32 Å². The van der Waals surface area contributed by atoms with Gasteiger partial charge >= 0.3 is 0 Å². The van der Waals surface area contributed by atoms with E-state index in [4.69, 9.17) is 11.6 Å². The Balaban J connectivity index is 2.49. The van der Waals surface area contributed by atoms with Gasteiger partial charge in [-0.25, -0.2) is 8.42 Å². The molecule has 0 aliphatic rings. The molecule has 5 nitrogen and oxygen atoms in total. The van der Waals surface area contributed by atoms with Gasteiger partial charge in [0.2, 0.25) is 5.91 Å². The van der Waals surface area contributed by atoms with Gasteiger partial charge in [0.1, 0.15) is 6.54 Å². The minimum atomic E-state index is -3.92. The van der Waals surface area contributed by atoms with E-state index in [1.807, 2.05) is 13.8 Å². The molecule has 0 fully saturated rings. The molecular formula is C19H23ClN2O3S. The molecule has 0 unspecified atom stereocenters. The Morgan fingerprint density at radius 1 is 1.19 bits per heavy atom. The number of rotatable bonds is 7. The van der Waals surface area contributed by atoms with Crippen LogP contribution in [0.2, 0.25) is 5.02 Å². The summed E-state index contributed by atoms with van der Waals surface area (Å²) in [5.74, 6) is -0.363. The van der Waals surface area contributed by atoms with Crippen molar-refractivity contribution in [3.05, 3.63) is 59.1 Å². The maximum Gasteiger partial charge on any atom is 0.264 e. The highest BCUT2D eigenvalue weighted by Gasteiger charge is 2.28. The molecule has 0 bridgehead atoms. The molecule has 26 heavy (non-hydrogen) atoms. The molecule has 0 saturated carbocycles. The number of carbonyl (C=O) groups is 1. The highest BCUT2D eigenvalue weighted by atomic mass is 35.5. The van der Waals surface area contributed by atoms with Gasteiger partial charge in [-0.15, -0.1) is 0 Å². The largest absolute Gasteiger partial charge is 0.352 e. The normalized spacial score (nSPS) is 12.5. The Morgan fingerprint density at radius 3 is 2.46 bits per heavy atom. The number of carbonyl (C=O) groups excluding carboxylic acids is 1. The molecule has 2 rings (SSSR count). The van der Waals surface area contributed by atoms with Crippen molar-refractivity contribution in [2.75, 3.05) is 10.8 Å². The molecule has 140 valence electrons. The van der Waals surface area contributed by atoms with Gasteiger partial charge in [0.25, 0.3) is 10.0 Å². The molecule has 1 atom stereocenters. The minimum absolute atomic E-state index is 0.0377. The van der Waals surface area contributed by atoms with Crippen LogP contribution in [0.3, 0.4) is 0 Å². The maximum absolute atomic E-state index is 13.2. The summed E-state index contributed by atoms with van der Waals surface area (Å²) in [6, 6.07) is 13.0. The molecule has 0 aliphatic heterocycles. The summed E-state index contributed by atoms with van der Waals surface area (Å²) >= 11 is 6.08. The highest BCUT2D eigenvalue weighted by Crippen LogP contribution is 2.29. The molecular weight excluding hydrogens is 372 g/mol. The summed E-state index contributed by atoms with van der Waals surface area (Å²) in [5.41, 5.74) is 1.10. The quantitative estimate of drug-likeness (QED) is 0.777. The van der Waals surface area contributed by atoms with Gasteiger partial charge in [0.15, 0.2) is 0 Å². The van der Waals surface area contributed by atoms with E-state index in [1.165, 1.54) is 12.1 Å². The lowest BCUT2D eigenvalue weighted by atomic mass is 10.2. The van der Waals surface area contributed by atoms with Gasteiger partial charge in [-0.3, -0.25) is 9.10 Å². The second-order valence-corrected chi connectivity index (χ2v) is 8.43. The van der Waals surface area contributed by atoms with E-state index >= 15 is 0 Å². The number of sulfonamides is 1. The van der Waals surface area contributed by atoms with Crippen molar-refractivity contribution in [2.24, 2.45) is 0 Å². The fourth-order valence-corrected chi connectivity index (χ4v) is 4.09. The third-order valence-corrected chi connectivity index (χ3v) is 6.09. The molecule has 7 heteroatoms. The third-order valence-electron chi connectivity index (χ3n) is 4.08. The molecule has 2 aromatic rings. The predicted octanol–water partition coefficient (Wildman–Crippen LogP) is 3.76. The Hall–Kier alpha value is -2.05. The molecule has 2 aromatic carbocycles. The van der Waals surface area contributed by atoms with E-state index in [-0.39, 0.29) is 23.4 Å². The van der Waals surface area contributed by atoms with Crippen LogP contribution in [0.25, 0.3) is 0 Å². The van der Waals surface area contributed by atoms with Crippen molar-refractivity contribution < 1.29 is 13.2 Å². The Bertz CT molecular complexity index is 870. The summed E-state index contributed by atoms with van der Waals surface area (Å²) in [6.07, 6.45) is 0.757. The third kappa shape index (κ3) is 4.77. The van der Waals surface area contributed by atoms with E-state index in [0.29, 0.717) is 16.3 Å². The predicted molar refractivity (Wildman–Crippen MR) is 105 cm³/mol. The first-order valence-corrected chi connectivity index (χ1v) is 10.2. The van der Waals surface area contributed by atoms with Crippen molar-refractivity contribution >= 4 is 33.2 Å². The topological polar surface area (TPSA) is 66.5 Å². The monoisotopic (exact) mass is 394 g/mol. The van der Waals surface area contributed by atoms with Crippen molar-refractivity contribution in [2.45, 2.75) is 38.1 Å². The van der Waals surface area contributed by atoms with Crippen molar-refractivity contribution in [3.63, 3.8) is 0 Å². The van der Waals surface area contributed by atoms with Crippen LogP contribution < -0.4 is 9.62 Å². The van der Waals surface area contributed by atoms with Crippen molar-refractivity contribution in [1.29, 1.82) is 0 Å². The molecule has 1 amide bonds. The van der Waals surface area contributed by atoms with E-state index < -0.39 is 10.0 Å². The average molecular weight is 395 g/mol. The number of hydrogen-bond acceptors (Lipinski definition) is 3. The average Bonchev–Trinajstić information content (AvgIpc) is 2.62. The number of amides is 1. The number of nitrogens with one attached hydrogen (secondary N) is 1. The SMILES string of the molecule is CC[C@@H](C)NC(=O)CN(c1cc(Cl)ccc1C)S(=O)(=O)c1ccccc1. The molecule has 0 aromatic heterocycles. The van der Waals surface area contributed by atoms with Gasteiger partial charge in [0, 0.05) is 11.1 Å². The molecule has 0 aliphatic carbocycles. The second-order valence-electron chi connectivity index (χ2n) is 6.13. The number of benzene rings is 2. The van der Waals surface area contributed by atoms with Crippen molar-refractivity contribution in [1.82, 2.24) is 5.32 Å². The molecule has 0 heterocycles. The van der Waals surface area contributed by atoms with E-state index in [0.717, 1.165) is 10.7 Å². The molecule has 0 radical (unpaired) electrons. The fourth-order valence-electron chi connectivity index (χ4n) is 2.42. The number of hydrogen-bond donors (Lipinski definition) is 1. The Kier molecular flexibility index (Phi) is 6.67. The van der Waals surface area contributed by atoms with Gasteiger partial charge in [-0.2, -0.15) is 0 Å². The summed E-state index contributed by atoms with van der Waals surface area (Å²) in [4.78, 5) is 12.5. The lowest BCUT2D eigenvalue weighted by molar-refractivity contribution is -0.120. The number of nitrogens with zero attached hydrogens (tertiary/aromatic N) is 1. The van der Waals surface area contributed by atoms with Gasteiger partial charge in [-0.05, 0) is 50.1 Å². The van der Waals surface area contributed by atoms with Crippen LogP contribution in [-0.4, -0.2) is 26.9 Å². The fraction of sp³-hybridized carbons (Fsp3) is 0.316. The van der Waals surface area contributed by atoms with Gasteiger partial charge in [-0.1, -0.05) is 42.8 Å². The van der Waals surface area contributed by atoms with Crippen LogP contribution in [0.5, 0.6) is 0 Å². The van der Waals surface area contributed by atoms with E-state index in [1.54, 1.807) is 43.3 Å². The maximum atomic E-state index is 13.2. The Labute approximate surface area is 160 Å². The van der Waals surface area contributed by atoms with Crippen LogP contribution >= 0.6 is 11.6 Å². The van der Waals surface area contributed by atoms with Crippen LogP contribution in [0.4, 0.5) is 5.69 Å². The molecule has 1 N–H and O–H groups in total. The summed E-state index contributed by atoms with van der Waals surface area (Å²) in [5, 5.41) is 3.21. The molecule has 0 spiro atoms. The zero-order chi connectivity index (χ0) is 19.3. The zero-order valence-electron chi connectivity index (χ0n) is 15.1. The lowest BCUT2D eigenvalue weighted by Gasteiger charge is -2.26. The van der Waals surface area contributed by atoms with Crippen LogP contribution in [-0.2, 0) is 14.8 Å². The first kappa shape index (κ1) is 20.3.